The molecule has 9 heteroatoms. The van der Waals surface area contributed by atoms with Gasteiger partial charge in [0.2, 0.25) is 5.88 Å². The third kappa shape index (κ3) is 5.18. The highest BCUT2D eigenvalue weighted by molar-refractivity contribution is 5.87. The Morgan fingerprint density at radius 1 is 1.13 bits per heavy atom. The van der Waals surface area contributed by atoms with Crippen LogP contribution in [0.15, 0.2) is 36.8 Å². The fraction of sp³-hybridized carbons (Fsp3) is 0.364. The van der Waals surface area contributed by atoms with Gasteiger partial charge in [0, 0.05) is 12.6 Å². The summed E-state index contributed by atoms with van der Waals surface area (Å²) in [7, 11) is 1.59. The van der Waals surface area contributed by atoms with Crippen molar-refractivity contribution in [3.8, 4) is 23.1 Å². The van der Waals surface area contributed by atoms with Gasteiger partial charge in [0.1, 0.15) is 18.7 Å². The Morgan fingerprint density at radius 3 is 2.68 bits per heavy atom. The largest absolute Gasteiger partial charge is 0.493 e. The number of rotatable bonds is 9. The van der Waals surface area contributed by atoms with Gasteiger partial charge >= 0.3 is 5.97 Å². The van der Waals surface area contributed by atoms with E-state index in [-0.39, 0.29) is 6.42 Å². The molecule has 4 rings (SSSR count). The molecule has 0 bridgehead atoms. The second-order valence-electron chi connectivity index (χ2n) is 7.25. The van der Waals surface area contributed by atoms with Crippen molar-refractivity contribution in [2.24, 2.45) is 0 Å². The van der Waals surface area contributed by atoms with Crippen LogP contribution in [0.1, 0.15) is 18.5 Å². The van der Waals surface area contributed by atoms with Gasteiger partial charge in [-0.1, -0.05) is 0 Å². The topological polar surface area (TPSA) is 107 Å². The second kappa shape index (κ2) is 9.57. The summed E-state index contributed by atoms with van der Waals surface area (Å²) in [6.07, 6.45) is 5.24. The Bertz CT molecular complexity index is 1050. The first-order valence-electron chi connectivity index (χ1n) is 10.1. The number of carbonyl (C=O) groups is 1. The van der Waals surface area contributed by atoms with Crippen molar-refractivity contribution in [3.63, 3.8) is 0 Å². The number of carboxylic acid groups (broad SMARTS) is 1. The first kappa shape index (κ1) is 20.8. The molecular formula is C22H24N4O5. The first-order valence-corrected chi connectivity index (χ1v) is 10.1. The zero-order valence-corrected chi connectivity index (χ0v) is 17.3. The van der Waals surface area contributed by atoms with Crippen LogP contribution in [-0.4, -0.2) is 64.3 Å². The summed E-state index contributed by atoms with van der Waals surface area (Å²) in [5.74, 6) is 1.05. The van der Waals surface area contributed by atoms with E-state index >= 15 is 0 Å². The lowest BCUT2D eigenvalue weighted by atomic mass is 10.2. The van der Waals surface area contributed by atoms with Crippen molar-refractivity contribution in [1.29, 1.82) is 0 Å². The Hall–Kier alpha value is -3.46. The number of methoxy groups -OCH3 is 1. The fourth-order valence-electron chi connectivity index (χ4n) is 3.53. The Labute approximate surface area is 179 Å². The van der Waals surface area contributed by atoms with Gasteiger partial charge in [0.15, 0.2) is 11.5 Å². The number of ether oxygens (including phenoxy) is 3. The van der Waals surface area contributed by atoms with E-state index in [0.717, 1.165) is 19.6 Å². The zero-order valence-electron chi connectivity index (χ0n) is 17.3. The molecule has 31 heavy (non-hydrogen) atoms. The van der Waals surface area contributed by atoms with Crippen molar-refractivity contribution in [1.82, 2.24) is 19.9 Å². The molecule has 0 amide bonds. The zero-order chi connectivity index (χ0) is 21.6. The molecule has 0 spiro atoms. The molecule has 162 valence electrons. The normalized spacial score (nSPS) is 14.0. The standard InChI is InChI=1S/C22H24N4O5/c1-29-19-11-17-18(12-20(19)30-9-8-26-6-2-3-7-26)24-14-25-22(17)31-16-5-4-15(23-13-16)10-21(27)28/h4-5,11-14H,2-3,6-10H2,1H3,(H,27,28). The predicted molar refractivity (Wildman–Crippen MR) is 113 cm³/mol. The van der Waals surface area contributed by atoms with E-state index in [1.807, 2.05) is 6.07 Å². The van der Waals surface area contributed by atoms with Crippen LogP contribution in [-0.2, 0) is 11.2 Å². The molecule has 0 saturated carbocycles. The molecule has 0 unspecified atom stereocenters. The maximum atomic E-state index is 10.8. The first-order chi connectivity index (χ1) is 15.1. The van der Waals surface area contributed by atoms with Crippen molar-refractivity contribution >= 4 is 16.9 Å². The third-order valence-corrected chi connectivity index (χ3v) is 5.09. The number of likely N-dealkylation sites (tertiary alicyclic amines) is 1. The maximum Gasteiger partial charge on any atom is 0.309 e. The lowest BCUT2D eigenvalue weighted by molar-refractivity contribution is -0.136. The summed E-state index contributed by atoms with van der Waals surface area (Å²) in [5.41, 5.74) is 1.11. The number of aliphatic carboxylic acids is 1. The molecule has 3 heterocycles. The van der Waals surface area contributed by atoms with Crippen LogP contribution in [0.4, 0.5) is 0 Å². The second-order valence-corrected chi connectivity index (χ2v) is 7.25. The van der Waals surface area contributed by atoms with Gasteiger partial charge < -0.3 is 19.3 Å². The SMILES string of the molecule is COc1cc2c(Oc3ccc(CC(=O)O)nc3)ncnc2cc1OCCN1CCCC1. The quantitative estimate of drug-likeness (QED) is 0.555. The van der Waals surface area contributed by atoms with E-state index in [1.165, 1.54) is 25.4 Å². The number of fused-ring (bicyclic) bond motifs is 1. The lowest BCUT2D eigenvalue weighted by Gasteiger charge is -2.17. The van der Waals surface area contributed by atoms with E-state index in [2.05, 4.69) is 19.9 Å². The third-order valence-electron chi connectivity index (χ3n) is 5.09. The van der Waals surface area contributed by atoms with Crippen LogP contribution in [0.2, 0.25) is 0 Å². The maximum absolute atomic E-state index is 10.8. The van der Waals surface area contributed by atoms with E-state index in [0.29, 0.717) is 46.3 Å². The molecule has 3 aromatic rings. The molecule has 1 aliphatic rings. The predicted octanol–water partition coefficient (Wildman–Crippen LogP) is 2.93. The molecule has 0 aliphatic carbocycles. The Kier molecular flexibility index (Phi) is 6.42. The highest BCUT2D eigenvalue weighted by Crippen LogP contribution is 2.36. The summed E-state index contributed by atoms with van der Waals surface area (Å²) < 4.78 is 17.4. The van der Waals surface area contributed by atoms with E-state index in [9.17, 15) is 4.79 Å². The molecule has 2 aromatic heterocycles. The smallest absolute Gasteiger partial charge is 0.309 e. The number of nitrogens with zero attached hydrogens (tertiary/aromatic N) is 4. The van der Waals surface area contributed by atoms with Gasteiger partial charge in [-0.05, 0) is 44.1 Å². The minimum absolute atomic E-state index is 0.144. The summed E-state index contributed by atoms with van der Waals surface area (Å²) >= 11 is 0. The molecule has 1 aliphatic heterocycles. The molecule has 9 nitrogen and oxygen atoms in total. The average Bonchev–Trinajstić information content (AvgIpc) is 3.28. The number of aromatic nitrogens is 3. The van der Waals surface area contributed by atoms with Crippen molar-refractivity contribution in [2.75, 3.05) is 33.4 Å². The molecule has 1 fully saturated rings. The molecule has 1 N–H and O–H groups in total. The van der Waals surface area contributed by atoms with Gasteiger partial charge in [-0.15, -0.1) is 0 Å². The fourth-order valence-corrected chi connectivity index (χ4v) is 3.53. The summed E-state index contributed by atoms with van der Waals surface area (Å²) in [6, 6.07) is 6.88. The van der Waals surface area contributed by atoms with Crippen LogP contribution in [0.3, 0.4) is 0 Å². The monoisotopic (exact) mass is 424 g/mol. The summed E-state index contributed by atoms with van der Waals surface area (Å²) in [5, 5.41) is 9.53. The Balaban J connectivity index is 1.52. The minimum atomic E-state index is -0.937. The highest BCUT2D eigenvalue weighted by atomic mass is 16.5. The number of hydrogen-bond acceptors (Lipinski definition) is 8. The molecule has 0 radical (unpaired) electrons. The molecular weight excluding hydrogens is 400 g/mol. The number of hydrogen-bond donors (Lipinski definition) is 1. The van der Waals surface area contributed by atoms with Crippen LogP contribution >= 0.6 is 0 Å². The molecule has 0 atom stereocenters. The van der Waals surface area contributed by atoms with Crippen molar-refractivity contribution in [2.45, 2.75) is 19.3 Å². The summed E-state index contributed by atoms with van der Waals surface area (Å²) in [6.45, 7) is 3.70. The van der Waals surface area contributed by atoms with Gasteiger partial charge in [-0.25, -0.2) is 9.97 Å². The van der Waals surface area contributed by atoms with E-state index in [4.69, 9.17) is 19.3 Å². The summed E-state index contributed by atoms with van der Waals surface area (Å²) in [4.78, 5) is 25.9. The van der Waals surface area contributed by atoms with Crippen LogP contribution < -0.4 is 14.2 Å². The highest BCUT2D eigenvalue weighted by Gasteiger charge is 2.15. The number of pyridine rings is 1. The van der Waals surface area contributed by atoms with Crippen LogP contribution in [0.5, 0.6) is 23.1 Å². The van der Waals surface area contributed by atoms with E-state index in [1.54, 1.807) is 25.3 Å². The van der Waals surface area contributed by atoms with Crippen molar-refractivity contribution < 1.29 is 24.1 Å². The lowest BCUT2D eigenvalue weighted by Crippen LogP contribution is -2.25. The van der Waals surface area contributed by atoms with Crippen molar-refractivity contribution in [3.05, 3.63) is 42.5 Å². The number of benzene rings is 1. The average molecular weight is 424 g/mol. The Morgan fingerprint density at radius 2 is 1.97 bits per heavy atom. The van der Waals surface area contributed by atoms with Crippen LogP contribution in [0, 0.1) is 0 Å². The van der Waals surface area contributed by atoms with Gasteiger partial charge in [0.25, 0.3) is 0 Å². The molecule has 1 saturated heterocycles. The molecule has 1 aromatic carbocycles. The van der Waals surface area contributed by atoms with Gasteiger partial charge in [0.05, 0.1) is 36.3 Å². The van der Waals surface area contributed by atoms with Gasteiger partial charge in [-0.2, -0.15) is 0 Å². The number of carboxylic acids is 1. The minimum Gasteiger partial charge on any atom is -0.493 e. The van der Waals surface area contributed by atoms with Crippen LogP contribution in [0.25, 0.3) is 10.9 Å². The van der Waals surface area contributed by atoms with E-state index < -0.39 is 5.97 Å². The van der Waals surface area contributed by atoms with Gasteiger partial charge in [-0.3, -0.25) is 14.7 Å².